The van der Waals surface area contributed by atoms with E-state index in [1.54, 1.807) is 36.4 Å². The van der Waals surface area contributed by atoms with Crippen LogP contribution in [0.15, 0.2) is 82.0 Å². The summed E-state index contributed by atoms with van der Waals surface area (Å²) in [6.45, 7) is 0. The zero-order valence-corrected chi connectivity index (χ0v) is 19.9. The molecule has 0 bridgehead atoms. The van der Waals surface area contributed by atoms with Crippen LogP contribution in [0.25, 0.3) is 6.08 Å². The van der Waals surface area contributed by atoms with Gasteiger partial charge in [0.15, 0.2) is 11.5 Å². The Balaban J connectivity index is 1.84. The number of nitrogens with one attached hydrogen (secondary N) is 2. The van der Waals surface area contributed by atoms with Crippen molar-refractivity contribution >= 4 is 45.7 Å². The quantitative estimate of drug-likeness (QED) is 0.171. The maximum Gasteiger partial charge on any atom is 0.287 e. The highest BCUT2D eigenvalue weighted by Gasteiger charge is 2.15. The number of hydrogen-bond acceptors (Lipinski definition) is 7. The summed E-state index contributed by atoms with van der Waals surface area (Å²) in [6, 6.07) is 16.8. The number of benzene rings is 3. The van der Waals surface area contributed by atoms with Gasteiger partial charge in [-0.3, -0.25) is 19.7 Å². The maximum atomic E-state index is 12.8. The second-order valence-electron chi connectivity index (χ2n) is 6.98. The van der Waals surface area contributed by atoms with Gasteiger partial charge >= 0.3 is 0 Å². The van der Waals surface area contributed by atoms with Crippen LogP contribution in [0.3, 0.4) is 0 Å². The van der Waals surface area contributed by atoms with Crippen LogP contribution in [0.5, 0.6) is 11.5 Å². The van der Waals surface area contributed by atoms with Crippen LogP contribution in [-0.2, 0) is 4.79 Å². The van der Waals surface area contributed by atoms with Gasteiger partial charge in [0.05, 0.1) is 22.7 Å². The Kier molecular flexibility index (Phi) is 8.30. The number of nitrogens with zero attached hydrogens (tertiary/aromatic N) is 2. The lowest BCUT2D eigenvalue weighted by Crippen LogP contribution is -2.32. The van der Waals surface area contributed by atoms with Crippen LogP contribution in [0.2, 0.25) is 0 Å². The van der Waals surface area contributed by atoms with E-state index < -0.39 is 16.7 Å². The number of non-ortho nitro benzene ring substituents is 1. The van der Waals surface area contributed by atoms with Gasteiger partial charge in [-0.2, -0.15) is 5.10 Å². The lowest BCUT2D eigenvalue weighted by molar-refractivity contribution is -0.384. The average molecular weight is 539 g/mol. The molecular weight excluding hydrogens is 520 g/mol. The number of amides is 2. The van der Waals surface area contributed by atoms with Crippen molar-refractivity contribution in [3.05, 3.63) is 104 Å². The molecule has 3 rings (SSSR count). The molecule has 0 radical (unpaired) electrons. The minimum absolute atomic E-state index is 0.0781. The SMILES string of the molecule is COc1cc(/C=N/NC(=O)C(=Cc2ccc([N+](=O)[O-])cc2)NC(=O)c2ccccc2)cc(Br)c1O. The van der Waals surface area contributed by atoms with E-state index in [1.165, 1.54) is 49.7 Å². The zero-order valence-electron chi connectivity index (χ0n) is 18.3. The third-order valence-electron chi connectivity index (χ3n) is 4.59. The standard InChI is InChI=1S/C24H19BrN4O6/c1-35-21-13-16(11-19(25)22(21)30)14-26-28-24(32)20(27-23(31)17-5-3-2-4-6-17)12-15-7-9-18(10-8-15)29(33)34/h2-14,30H,1H3,(H,27,31)(H,28,32)/b20-12?,26-14+. The number of carbonyl (C=O) groups is 2. The number of ether oxygens (including phenoxy) is 1. The molecular formula is C24H19BrN4O6. The number of rotatable bonds is 8. The molecule has 0 saturated carbocycles. The number of phenolic OH excluding ortho intramolecular Hbond substituents is 1. The lowest BCUT2D eigenvalue weighted by atomic mass is 10.1. The topological polar surface area (TPSA) is 143 Å². The van der Waals surface area contributed by atoms with Crippen LogP contribution in [0.1, 0.15) is 21.5 Å². The first-order chi connectivity index (χ1) is 16.8. The summed E-state index contributed by atoms with van der Waals surface area (Å²) >= 11 is 3.20. The number of methoxy groups -OCH3 is 1. The number of hydrazone groups is 1. The number of phenols is 1. The van der Waals surface area contributed by atoms with Crippen molar-refractivity contribution in [1.29, 1.82) is 0 Å². The molecule has 11 heteroatoms. The maximum absolute atomic E-state index is 12.8. The number of nitro benzene ring substituents is 1. The highest BCUT2D eigenvalue weighted by Crippen LogP contribution is 2.34. The summed E-state index contributed by atoms with van der Waals surface area (Å²) in [5, 5.41) is 27.2. The van der Waals surface area contributed by atoms with Crippen LogP contribution < -0.4 is 15.5 Å². The molecule has 0 aliphatic carbocycles. The molecule has 0 aliphatic heterocycles. The van der Waals surface area contributed by atoms with Crippen molar-refractivity contribution in [2.24, 2.45) is 5.10 Å². The number of nitro groups is 1. The predicted octanol–water partition coefficient (Wildman–Crippen LogP) is 3.99. The Labute approximate surface area is 208 Å². The summed E-state index contributed by atoms with van der Waals surface area (Å²) in [6.07, 6.45) is 2.70. The number of hydrogen-bond donors (Lipinski definition) is 3. The Morgan fingerprint density at radius 1 is 1.09 bits per heavy atom. The summed E-state index contributed by atoms with van der Waals surface area (Å²) < 4.78 is 5.45. The van der Waals surface area contributed by atoms with Crippen molar-refractivity contribution in [2.45, 2.75) is 0 Å². The van der Waals surface area contributed by atoms with E-state index in [4.69, 9.17) is 4.74 Å². The molecule has 3 N–H and O–H groups in total. The Hall–Kier alpha value is -4.51. The number of aromatic hydroxyl groups is 1. The normalized spacial score (nSPS) is 11.2. The van der Waals surface area contributed by atoms with Crippen molar-refractivity contribution in [3.63, 3.8) is 0 Å². The summed E-state index contributed by atoms with van der Waals surface area (Å²) in [5.74, 6) is -1.12. The van der Waals surface area contributed by atoms with Gasteiger partial charge in [-0.25, -0.2) is 5.43 Å². The molecule has 10 nitrogen and oxygen atoms in total. The van der Waals surface area contributed by atoms with E-state index in [0.717, 1.165) is 0 Å². The van der Waals surface area contributed by atoms with Gasteiger partial charge in [0.1, 0.15) is 5.70 Å². The van der Waals surface area contributed by atoms with Crippen molar-refractivity contribution in [3.8, 4) is 11.5 Å². The molecule has 0 heterocycles. The molecule has 0 aliphatic rings. The summed E-state index contributed by atoms with van der Waals surface area (Å²) in [5.41, 5.74) is 3.39. The van der Waals surface area contributed by atoms with Crippen LogP contribution >= 0.6 is 15.9 Å². The Morgan fingerprint density at radius 3 is 2.40 bits per heavy atom. The second kappa shape index (κ2) is 11.6. The molecule has 0 atom stereocenters. The fourth-order valence-electron chi connectivity index (χ4n) is 2.85. The first-order valence-corrected chi connectivity index (χ1v) is 10.8. The van der Waals surface area contributed by atoms with Gasteiger partial charge in [0.2, 0.25) is 0 Å². The molecule has 3 aromatic rings. The predicted molar refractivity (Wildman–Crippen MR) is 133 cm³/mol. The van der Waals surface area contributed by atoms with Gasteiger partial charge in [-0.15, -0.1) is 0 Å². The van der Waals surface area contributed by atoms with Gasteiger partial charge in [-0.1, -0.05) is 18.2 Å². The molecule has 178 valence electrons. The Bertz CT molecular complexity index is 1310. The zero-order chi connectivity index (χ0) is 25.4. The van der Waals surface area contributed by atoms with Crippen LogP contribution in [-0.4, -0.2) is 35.2 Å². The van der Waals surface area contributed by atoms with E-state index in [9.17, 15) is 24.8 Å². The highest BCUT2D eigenvalue weighted by atomic mass is 79.9. The summed E-state index contributed by atoms with van der Waals surface area (Å²) in [4.78, 5) is 35.8. The molecule has 0 spiro atoms. The Morgan fingerprint density at radius 2 is 1.77 bits per heavy atom. The number of carbonyl (C=O) groups excluding carboxylic acids is 2. The third-order valence-corrected chi connectivity index (χ3v) is 5.20. The highest BCUT2D eigenvalue weighted by molar-refractivity contribution is 9.10. The number of halogens is 1. The van der Waals surface area contributed by atoms with E-state index in [2.05, 4.69) is 31.8 Å². The molecule has 0 unspecified atom stereocenters. The van der Waals surface area contributed by atoms with Gasteiger partial charge in [-0.05, 0) is 69.5 Å². The van der Waals surface area contributed by atoms with E-state index in [1.807, 2.05) is 0 Å². The van der Waals surface area contributed by atoms with Gasteiger partial charge < -0.3 is 15.2 Å². The smallest absolute Gasteiger partial charge is 0.287 e. The fraction of sp³-hybridized carbons (Fsp3) is 0.0417. The van der Waals surface area contributed by atoms with E-state index in [0.29, 0.717) is 21.2 Å². The van der Waals surface area contributed by atoms with E-state index >= 15 is 0 Å². The lowest BCUT2D eigenvalue weighted by Gasteiger charge is -2.09. The molecule has 0 fully saturated rings. The second-order valence-corrected chi connectivity index (χ2v) is 7.83. The van der Waals surface area contributed by atoms with Gasteiger partial charge in [0, 0.05) is 17.7 Å². The molecule has 0 saturated heterocycles. The molecule has 35 heavy (non-hydrogen) atoms. The first-order valence-electron chi connectivity index (χ1n) is 10.0. The monoisotopic (exact) mass is 538 g/mol. The molecule has 3 aromatic carbocycles. The van der Waals surface area contributed by atoms with Crippen molar-refractivity contribution in [2.75, 3.05) is 7.11 Å². The van der Waals surface area contributed by atoms with Crippen LogP contribution in [0.4, 0.5) is 5.69 Å². The fourth-order valence-corrected chi connectivity index (χ4v) is 3.31. The minimum Gasteiger partial charge on any atom is -0.503 e. The van der Waals surface area contributed by atoms with Gasteiger partial charge in [0.25, 0.3) is 17.5 Å². The van der Waals surface area contributed by atoms with E-state index in [-0.39, 0.29) is 22.9 Å². The van der Waals surface area contributed by atoms with Crippen molar-refractivity contribution < 1.29 is 24.4 Å². The third kappa shape index (κ3) is 6.74. The minimum atomic E-state index is -0.728. The average Bonchev–Trinajstić information content (AvgIpc) is 2.86. The van der Waals surface area contributed by atoms with Crippen molar-refractivity contribution in [1.82, 2.24) is 10.7 Å². The first kappa shape index (κ1) is 25.1. The summed E-state index contributed by atoms with van der Waals surface area (Å²) in [7, 11) is 1.40. The van der Waals surface area contributed by atoms with Crippen LogP contribution in [0, 0.1) is 10.1 Å². The largest absolute Gasteiger partial charge is 0.503 e. The molecule has 0 aromatic heterocycles. The molecule has 2 amide bonds.